The van der Waals surface area contributed by atoms with E-state index in [0.717, 1.165) is 11.1 Å². The van der Waals surface area contributed by atoms with Crippen LogP contribution >= 0.6 is 0 Å². The molecule has 1 aromatic heterocycles. The van der Waals surface area contributed by atoms with Crippen LogP contribution in [0.25, 0.3) is 0 Å². The number of benzene rings is 2. The first kappa shape index (κ1) is 31.2. The van der Waals surface area contributed by atoms with Crippen LogP contribution in [0.15, 0.2) is 60.9 Å². The van der Waals surface area contributed by atoms with Gasteiger partial charge in [-0.05, 0) is 43.7 Å². The zero-order chi connectivity index (χ0) is 31.4. The third-order valence-electron chi connectivity index (χ3n) is 7.94. The number of ether oxygens (including phenoxy) is 3. The molecule has 2 aromatic carbocycles. The van der Waals surface area contributed by atoms with Gasteiger partial charge in [0.1, 0.15) is 24.2 Å². The lowest BCUT2D eigenvalue weighted by Gasteiger charge is -2.33. The molecule has 5 N–H and O–H groups in total. The van der Waals surface area contributed by atoms with Crippen molar-refractivity contribution >= 4 is 29.3 Å². The first-order valence-electron chi connectivity index (χ1n) is 14.9. The molecule has 0 saturated carbocycles. The minimum absolute atomic E-state index is 0.189. The number of likely N-dealkylation sites (N-methyl/N-ethyl adjacent to an activating group) is 1. The lowest BCUT2D eigenvalue weighted by atomic mass is 9.79. The van der Waals surface area contributed by atoms with E-state index in [2.05, 4.69) is 34.4 Å². The van der Waals surface area contributed by atoms with Gasteiger partial charge in [-0.25, -0.2) is 19.6 Å². The molecular weight excluding hydrogens is 564 g/mol. The Morgan fingerprint density at radius 2 is 1.70 bits per heavy atom. The molecule has 5 rings (SSSR count). The summed E-state index contributed by atoms with van der Waals surface area (Å²) in [4.78, 5) is 34.6. The van der Waals surface area contributed by atoms with Gasteiger partial charge in [0.2, 0.25) is 0 Å². The van der Waals surface area contributed by atoms with Crippen molar-refractivity contribution < 1.29 is 28.9 Å². The van der Waals surface area contributed by atoms with Crippen molar-refractivity contribution in [3.8, 4) is 0 Å². The van der Waals surface area contributed by atoms with Crippen LogP contribution in [0.2, 0.25) is 0 Å². The van der Waals surface area contributed by atoms with E-state index in [4.69, 9.17) is 19.9 Å². The number of nitrogens with zero attached hydrogens (tertiary/aromatic N) is 3. The second kappa shape index (κ2) is 13.2. The number of fused-ring (bicyclic) bond motifs is 1. The maximum atomic E-state index is 12.2. The lowest BCUT2D eigenvalue weighted by Crippen LogP contribution is -2.44. The molecule has 12 nitrogen and oxygen atoms in total. The van der Waals surface area contributed by atoms with Gasteiger partial charge in [0.25, 0.3) is 0 Å². The smallest absolute Gasteiger partial charge is 0.335 e. The Labute approximate surface area is 256 Å². The molecule has 3 heterocycles. The second-order valence-corrected chi connectivity index (χ2v) is 11.7. The fourth-order valence-corrected chi connectivity index (χ4v) is 6.01. The predicted molar refractivity (Wildman–Crippen MR) is 165 cm³/mol. The highest BCUT2D eigenvalue weighted by molar-refractivity contribution is 5.93. The standard InChI is InChI=1S/C32H40N6O6/c1-5-34-31(41)37-26-23(33)27(36-18-35-26)38(6-2)28-25-24(43-30(44-25)19-12-8-7-9-13-19)22(42-28)17-32(3,4)16-20-14-10-11-15-21(20)29(39)40/h7-15,18,22,24-25,28,30H,5-6,16-17,33H2,1-4H3,(H,39,40)(H2,34,35,36,37,41)/t22?,24?,25?,28?,30-/m0/s1. The fraction of sp³-hybridized carbons (Fsp3) is 0.438. The number of carbonyl (C=O) groups is 2. The molecule has 44 heavy (non-hydrogen) atoms. The van der Waals surface area contributed by atoms with Crippen molar-refractivity contribution in [1.29, 1.82) is 0 Å². The van der Waals surface area contributed by atoms with Crippen molar-refractivity contribution in [1.82, 2.24) is 15.3 Å². The summed E-state index contributed by atoms with van der Waals surface area (Å²) in [6.07, 6.45) is -0.0219. The molecule has 5 atom stereocenters. The summed E-state index contributed by atoms with van der Waals surface area (Å²) in [5.41, 5.74) is 8.31. The van der Waals surface area contributed by atoms with Gasteiger partial charge in [-0.1, -0.05) is 62.4 Å². The highest BCUT2D eigenvalue weighted by Gasteiger charge is 2.55. The number of hydrogen-bond donors (Lipinski definition) is 4. The van der Waals surface area contributed by atoms with E-state index in [1.807, 2.05) is 61.2 Å². The van der Waals surface area contributed by atoms with Gasteiger partial charge >= 0.3 is 12.0 Å². The normalized spacial score (nSPS) is 22.8. The van der Waals surface area contributed by atoms with Gasteiger partial charge in [-0.15, -0.1) is 0 Å². The van der Waals surface area contributed by atoms with Gasteiger partial charge in [0.05, 0.1) is 11.7 Å². The van der Waals surface area contributed by atoms with Crippen LogP contribution in [-0.2, 0) is 20.6 Å². The summed E-state index contributed by atoms with van der Waals surface area (Å²) < 4.78 is 19.8. The predicted octanol–water partition coefficient (Wildman–Crippen LogP) is 4.59. The monoisotopic (exact) mass is 604 g/mol. The average Bonchev–Trinajstić information content (AvgIpc) is 3.56. The molecule has 2 aliphatic rings. The largest absolute Gasteiger partial charge is 0.478 e. The van der Waals surface area contributed by atoms with Crippen LogP contribution in [-0.4, -0.2) is 64.7 Å². The molecule has 0 radical (unpaired) electrons. The minimum Gasteiger partial charge on any atom is -0.478 e. The van der Waals surface area contributed by atoms with Crippen molar-refractivity contribution in [2.24, 2.45) is 5.41 Å². The number of urea groups is 1. The quantitative estimate of drug-likeness (QED) is 0.244. The first-order chi connectivity index (χ1) is 21.1. The summed E-state index contributed by atoms with van der Waals surface area (Å²) in [6, 6.07) is 16.4. The third kappa shape index (κ3) is 6.62. The topological polar surface area (TPSA) is 161 Å². The number of nitrogens with one attached hydrogen (secondary N) is 2. The lowest BCUT2D eigenvalue weighted by molar-refractivity contribution is -0.137. The number of aromatic nitrogens is 2. The Hall–Kier alpha value is -4.26. The van der Waals surface area contributed by atoms with Crippen molar-refractivity contribution in [3.63, 3.8) is 0 Å². The summed E-state index contributed by atoms with van der Waals surface area (Å²) in [7, 11) is 0. The molecule has 2 amide bonds. The number of aromatic carboxylic acids is 1. The number of rotatable bonds is 11. The Morgan fingerprint density at radius 1 is 1.00 bits per heavy atom. The zero-order valence-corrected chi connectivity index (χ0v) is 25.4. The maximum absolute atomic E-state index is 12.2. The summed E-state index contributed by atoms with van der Waals surface area (Å²) in [6.45, 7) is 8.89. The number of nitrogen functional groups attached to an aromatic ring is 1. The molecule has 2 fully saturated rings. The van der Waals surface area contributed by atoms with Crippen molar-refractivity contribution in [2.45, 2.75) is 71.4 Å². The summed E-state index contributed by atoms with van der Waals surface area (Å²) in [5, 5.41) is 15.1. The van der Waals surface area contributed by atoms with Crippen molar-refractivity contribution in [3.05, 3.63) is 77.6 Å². The molecule has 0 spiro atoms. The summed E-state index contributed by atoms with van der Waals surface area (Å²) >= 11 is 0. The van der Waals surface area contributed by atoms with E-state index < -0.39 is 36.7 Å². The van der Waals surface area contributed by atoms with Gasteiger partial charge in [0, 0.05) is 18.7 Å². The van der Waals surface area contributed by atoms with Gasteiger partial charge in [0.15, 0.2) is 24.2 Å². The number of carboxylic acids is 1. The second-order valence-electron chi connectivity index (χ2n) is 11.7. The number of nitrogens with two attached hydrogens (primary N) is 1. The van der Waals surface area contributed by atoms with Crippen LogP contribution in [0.4, 0.5) is 22.1 Å². The van der Waals surface area contributed by atoms with E-state index >= 15 is 0 Å². The fourth-order valence-electron chi connectivity index (χ4n) is 6.01. The van der Waals surface area contributed by atoms with E-state index in [9.17, 15) is 14.7 Å². The van der Waals surface area contributed by atoms with Gasteiger partial charge in [-0.2, -0.15) is 0 Å². The first-order valence-corrected chi connectivity index (χ1v) is 14.9. The van der Waals surface area contributed by atoms with Crippen LogP contribution in [0, 0.1) is 5.41 Å². The molecule has 4 unspecified atom stereocenters. The van der Waals surface area contributed by atoms with Crippen LogP contribution in [0.3, 0.4) is 0 Å². The summed E-state index contributed by atoms with van der Waals surface area (Å²) in [5.74, 6) is -0.358. The Balaban J connectivity index is 1.44. The molecule has 2 saturated heterocycles. The van der Waals surface area contributed by atoms with E-state index in [1.165, 1.54) is 6.33 Å². The average molecular weight is 605 g/mol. The third-order valence-corrected chi connectivity index (χ3v) is 7.94. The molecular formula is C32H40N6O6. The molecule has 234 valence electrons. The number of anilines is 3. The molecule has 3 aromatic rings. The highest BCUT2D eigenvalue weighted by Crippen LogP contribution is 2.46. The molecule has 0 aliphatic carbocycles. The highest BCUT2D eigenvalue weighted by atomic mass is 16.8. The van der Waals surface area contributed by atoms with E-state index in [-0.39, 0.29) is 23.0 Å². The van der Waals surface area contributed by atoms with Crippen LogP contribution in [0.5, 0.6) is 0 Å². The Kier molecular flexibility index (Phi) is 9.33. The Bertz CT molecular complexity index is 1470. The number of amides is 2. The number of carbonyl (C=O) groups excluding carboxylic acids is 1. The Morgan fingerprint density at radius 3 is 2.41 bits per heavy atom. The zero-order valence-electron chi connectivity index (χ0n) is 25.4. The molecule has 12 heteroatoms. The van der Waals surface area contributed by atoms with Gasteiger partial charge < -0.3 is 35.3 Å². The maximum Gasteiger partial charge on any atom is 0.335 e. The van der Waals surface area contributed by atoms with Crippen LogP contribution in [0.1, 0.15) is 61.9 Å². The van der Waals surface area contributed by atoms with Gasteiger partial charge in [-0.3, -0.25) is 5.32 Å². The van der Waals surface area contributed by atoms with E-state index in [0.29, 0.717) is 37.3 Å². The van der Waals surface area contributed by atoms with Crippen LogP contribution < -0.4 is 21.3 Å². The minimum atomic E-state index is -0.950. The molecule has 2 aliphatic heterocycles. The number of hydrogen-bond acceptors (Lipinski definition) is 9. The SMILES string of the molecule is CCNC(=O)Nc1ncnc(N(CC)C2OC(CC(C)(C)Cc3ccccc3C(=O)O)C3O[C@H](c4ccccc4)OC32)c1N. The van der Waals surface area contributed by atoms with Crippen molar-refractivity contribution in [2.75, 3.05) is 29.0 Å². The van der Waals surface area contributed by atoms with E-state index in [1.54, 1.807) is 12.1 Å². The molecule has 0 bridgehead atoms. The number of carboxylic acid groups (broad SMARTS) is 1.